The van der Waals surface area contributed by atoms with E-state index in [0.29, 0.717) is 0 Å². The lowest BCUT2D eigenvalue weighted by atomic mass is 10.2. The van der Waals surface area contributed by atoms with E-state index in [-0.39, 0.29) is 0 Å². The van der Waals surface area contributed by atoms with Gasteiger partial charge in [-0.25, -0.2) is 0 Å². The van der Waals surface area contributed by atoms with E-state index in [9.17, 15) is 0 Å². The first-order valence-electron chi connectivity index (χ1n) is 4.58. The van der Waals surface area contributed by atoms with Crippen LogP contribution >= 0.6 is 11.8 Å². The molecule has 0 saturated heterocycles. The quantitative estimate of drug-likeness (QED) is 0.734. The van der Waals surface area contributed by atoms with Gasteiger partial charge in [0.1, 0.15) is 0 Å². The predicted molar refractivity (Wildman–Crippen MR) is 61.4 cm³/mol. The molecule has 0 aliphatic carbocycles. The molecule has 0 radical (unpaired) electrons. The molecule has 70 valence electrons. The smallest absolute Gasteiger partial charge is 0.0652 e. The summed E-state index contributed by atoms with van der Waals surface area (Å²) >= 11 is 1.80. The maximum absolute atomic E-state index is 3.30. The van der Waals surface area contributed by atoms with Gasteiger partial charge in [-0.15, -0.1) is 11.8 Å². The predicted octanol–water partition coefficient (Wildman–Crippen LogP) is 3.31. The van der Waals surface area contributed by atoms with E-state index in [0.717, 1.165) is 5.88 Å². The second kappa shape index (κ2) is 5.70. The Morgan fingerprint density at radius 1 is 1.15 bits per heavy atom. The maximum atomic E-state index is 3.30. The number of benzene rings is 1. The minimum atomic E-state index is 1.00. The van der Waals surface area contributed by atoms with Gasteiger partial charge < -0.3 is 5.32 Å². The molecule has 1 aromatic rings. The summed E-state index contributed by atoms with van der Waals surface area (Å²) in [5.74, 6) is 1.00. The Morgan fingerprint density at radius 2 is 1.85 bits per heavy atom. The van der Waals surface area contributed by atoms with Gasteiger partial charge in [-0.1, -0.05) is 44.2 Å². The van der Waals surface area contributed by atoms with Crippen molar-refractivity contribution in [3.8, 4) is 0 Å². The summed E-state index contributed by atoms with van der Waals surface area (Å²) in [5, 5.41) is 5.46. The van der Waals surface area contributed by atoms with Crippen molar-refractivity contribution < 1.29 is 0 Å². The monoisotopic (exact) mass is 193 g/mol. The minimum Gasteiger partial charge on any atom is -0.375 e. The SMILES string of the molecule is C1=C(c2ccccc2)NCS1.CC. The fourth-order valence-electron chi connectivity index (χ4n) is 1.07. The summed E-state index contributed by atoms with van der Waals surface area (Å²) in [7, 11) is 0. The van der Waals surface area contributed by atoms with Crippen molar-refractivity contribution in [2.24, 2.45) is 0 Å². The van der Waals surface area contributed by atoms with Gasteiger partial charge in [0.15, 0.2) is 0 Å². The first-order chi connectivity index (χ1) is 6.47. The lowest BCUT2D eigenvalue weighted by molar-refractivity contribution is 1.11. The van der Waals surface area contributed by atoms with Gasteiger partial charge in [0.05, 0.1) is 5.88 Å². The molecular weight excluding hydrogens is 178 g/mol. The average molecular weight is 193 g/mol. The summed E-state index contributed by atoms with van der Waals surface area (Å²) in [5.41, 5.74) is 2.52. The van der Waals surface area contributed by atoms with Crippen LogP contribution in [0.1, 0.15) is 19.4 Å². The summed E-state index contributed by atoms with van der Waals surface area (Å²) in [6, 6.07) is 10.4. The topological polar surface area (TPSA) is 12.0 Å². The van der Waals surface area contributed by atoms with Gasteiger partial charge in [-0.2, -0.15) is 0 Å². The summed E-state index contributed by atoms with van der Waals surface area (Å²) in [6.07, 6.45) is 0. The molecule has 1 heterocycles. The molecule has 1 aliphatic rings. The van der Waals surface area contributed by atoms with E-state index in [1.807, 2.05) is 19.9 Å². The second-order valence-corrected chi connectivity index (χ2v) is 3.24. The lowest BCUT2D eigenvalue weighted by Gasteiger charge is -2.01. The third-order valence-electron chi connectivity index (χ3n) is 1.63. The molecule has 1 nitrogen and oxygen atoms in total. The van der Waals surface area contributed by atoms with E-state index < -0.39 is 0 Å². The van der Waals surface area contributed by atoms with E-state index >= 15 is 0 Å². The van der Waals surface area contributed by atoms with Crippen molar-refractivity contribution in [1.29, 1.82) is 0 Å². The largest absolute Gasteiger partial charge is 0.375 e. The van der Waals surface area contributed by atoms with Crippen LogP contribution in [-0.4, -0.2) is 5.88 Å². The molecule has 0 amide bonds. The second-order valence-electron chi connectivity index (χ2n) is 2.39. The highest BCUT2D eigenvalue weighted by Crippen LogP contribution is 2.20. The molecule has 0 fully saturated rings. The Morgan fingerprint density at radius 3 is 2.38 bits per heavy atom. The summed E-state index contributed by atoms with van der Waals surface area (Å²) in [4.78, 5) is 0. The van der Waals surface area contributed by atoms with Crippen LogP contribution in [0.2, 0.25) is 0 Å². The highest BCUT2D eigenvalue weighted by atomic mass is 32.2. The highest BCUT2D eigenvalue weighted by molar-refractivity contribution is 8.02. The van der Waals surface area contributed by atoms with Gasteiger partial charge in [-0.3, -0.25) is 0 Å². The molecular formula is C11H15NS. The van der Waals surface area contributed by atoms with E-state index in [2.05, 4.69) is 35.0 Å². The van der Waals surface area contributed by atoms with Gasteiger partial charge in [-0.05, 0) is 11.0 Å². The van der Waals surface area contributed by atoms with E-state index in [1.54, 1.807) is 11.8 Å². The van der Waals surface area contributed by atoms with Crippen LogP contribution in [0.3, 0.4) is 0 Å². The van der Waals surface area contributed by atoms with Crippen molar-refractivity contribution in [2.45, 2.75) is 13.8 Å². The minimum absolute atomic E-state index is 1.00. The Hall–Kier alpha value is -0.890. The zero-order chi connectivity index (χ0) is 9.52. The number of nitrogens with one attached hydrogen (secondary N) is 1. The first kappa shape index (κ1) is 10.2. The summed E-state index contributed by atoms with van der Waals surface area (Å²) < 4.78 is 0. The molecule has 1 aliphatic heterocycles. The number of thioether (sulfide) groups is 1. The lowest BCUT2D eigenvalue weighted by Crippen LogP contribution is -2.04. The van der Waals surface area contributed by atoms with Crippen LogP contribution in [0.5, 0.6) is 0 Å². The maximum Gasteiger partial charge on any atom is 0.0652 e. The van der Waals surface area contributed by atoms with Crippen molar-refractivity contribution >= 4 is 17.5 Å². The van der Waals surface area contributed by atoms with Gasteiger partial charge in [0.2, 0.25) is 0 Å². The zero-order valence-electron chi connectivity index (χ0n) is 8.08. The Labute approximate surface area is 84.2 Å². The molecule has 1 aromatic carbocycles. The standard InChI is InChI=1S/C9H9NS.C2H6/c1-2-4-8(5-3-1)9-6-11-7-10-9;1-2/h1-6,10H,7H2;1-2H3. The molecule has 0 atom stereocenters. The fraction of sp³-hybridized carbons (Fsp3) is 0.273. The fourth-order valence-corrected chi connectivity index (χ4v) is 1.78. The molecule has 0 bridgehead atoms. The van der Waals surface area contributed by atoms with Crippen molar-refractivity contribution in [2.75, 3.05) is 5.88 Å². The molecule has 1 N–H and O–H groups in total. The highest BCUT2D eigenvalue weighted by Gasteiger charge is 2.03. The van der Waals surface area contributed by atoms with Crippen LogP contribution in [-0.2, 0) is 0 Å². The van der Waals surface area contributed by atoms with Crippen LogP contribution in [0, 0.1) is 0 Å². The van der Waals surface area contributed by atoms with Crippen molar-refractivity contribution in [3.05, 3.63) is 41.3 Å². The number of rotatable bonds is 1. The van der Waals surface area contributed by atoms with Crippen molar-refractivity contribution in [3.63, 3.8) is 0 Å². The van der Waals surface area contributed by atoms with Crippen LogP contribution < -0.4 is 5.32 Å². The Bertz CT molecular complexity index is 267. The van der Waals surface area contributed by atoms with E-state index in [4.69, 9.17) is 0 Å². The van der Waals surface area contributed by atoms with Crippen molar-refractivity contribution in [1.82, 2.24) is 5.32 Å². The molecule has 0 saturated carbocycles. The molecule has 0 aromatic heterocycles. The van der Waals surface area contributed by atoms with Crippen LogP contribution in [0.4, 0.5) is 0 Å². The molecule has 0 unspecified atom stereocenters. The van der Waals surface area contributed by atoms with E-state index in [1.165, 1.54) is 11.3 Å². The zero-order valence-corrected chi connectivity index (χ0v) is 8.90. The van der Waals surface area contributed by atoms with Crippen LogP contribution in [0.15, 0.2) is 35.7 Å². The number of hydrogen-bond donors (Lipinski definition) is 1. The third kappa shape index (κ3) is 2.81. The van der Waals surface area contributed by atoms with Crippen LogP contribution in [0.25, 0.3) is 5.70 Å². The van der Waals surface area contributed by atoms with Gasteiger partial charge in [0.25, 0.3) is 0 Å². The normalized spacial score (nSPS) is 13.8. The average Bonchev–Trinajstić information content (AvgIpc) is 2.75. The van der Waals surface area contributed by atoms with Gasteiger partial charge >= 0.3 is 0 Å². The molecule has 2 rings (SSSR count). The Balaban J connectivity index is 0.000000396. The first-order valence-corrected chi connectivity index (χ1v) is 5.63. The molecule has 13 heavy (non-hydrogen) atoms. The molecule has 0 spiro atoms. The number of hydrogen-bond acceptors (Lipinski definition) is 2. The summed E-state index contributed by atoms with van der Waals surface area (Å²) in [6.45, 7) is 4.00. The Kier molecular flexibility index (Phi) is 4.47. The third-order valence-corrected chi connectivity index (χ3v) is 2.35. The molecule has 2 heteroatoms. The van der Waals surface area contributed by atoms with Gasteiger partial charge in [0, 0.05) is 5.70 Å².